The zero-order valence-electron chi connectivity index (χ0n) is 9.54. The lowest BCUT2D eigenvalue weighted by molar-refractivity contribution is -0.150. The number of nitrogens with zero attached hydrogens (tertiary/aromatic N) is 1. The van der Waals surface area contributed by atoms with Crippen LogP contribution in [-0.4, -0.2) is 42.4 Å². The molecular weight excluding hydrogens is 194 g/mol. The summed E-state index contributed by atoms with van der Waals surface area (Å²) in [5.74, 6) is -0.962. The summed E-state index contributed by atoms with van der Waals surface area (Å²) >= 11 is 0. The van der Waals surface area contributed by atoms with Gasteiger partial charge in [0.15, 0.2) is 0 Å². The summed E-state index contributed by atoms with van der Waals surface area (Å²) < 4.78 is 0. The quantitative estimate of drug-likeness (QED) is 0.610. The second-order valence-corrected chi connectivity index (χ2v) is 4.93. The van der Waals surface area contributed by atoms with Crippen molar-refractivity contribution in [2.24, 2.45) is 11.1 Å². The minimum atomic E-state index is -0.512. The van der Waals surface area contributed by atoms with Crippen LogP contribution in [0.3, 0.4) is 0 Å². The van der Waals surface area contributed by atoms with Crippen LogP contribution in [0.15, 0.2) is 0 Å². The fourth-order valence-corrected chi connectivity index (χ4v) is 1.61. The van der Waals surface area contributed by atoms with Gasteiger partial charge < -0.3 is 16.0 Å². The van der Waals surface area contributed by atoms with E-state index in [9.17, 15) is 9.59 Å². The molecule has 1 rings (SSSR count). The van der Waals surface area contributed by atoms with Gasteiger partial charge in [0.05, 0.1) is 0 Å². The molecular formula is C10H19N3O2. The predicted molar refractivity (Wildman–Crippen MR) is 57.0 cm³/mol. The maximum atomic E-state index is 11.5. The minimum Gasteiger partial charge on any atom is -0.344 e. The van der Waals surface area contributed by atoms with Gasteiger partial charge in [-0.25, -0.2) is 0 Å². The Morgan fingerprint density at radius 3 is 2.67 bits per heavy atom. The van der Waals surface area contributed by atoms with Crippen LogP contribution in [0.5, 0.6) is 0 Å². The Kier molecular flexibility index (Phi) is 3.34. The first-order valence-electron chi connectivity index (χ1n) is 5.15. The Morgan fingerprint density at radius 2 is 2.13 bits per heavy atom. The Bertz CT molecular complexity index is 276. The molecule has 0 aromatic heterocycles. The van der Waals surface area contributed by atoms with Gasteiger partial charge >= 0.3 is 11.8 Å². The minimum absolute atomic E-state index is 0.0174. The molecule has 5 nitrogen and oxygen atoms in total. The summed E-state index contributed by atoms with van der Waals surface area (Å²) in [7, 11) is 0. The van der Waals surface area contributed by atoms with E-state index in [2.05, 4.69) is 5.32 Å². The summed E-state index contributed by atoms with van der Waals surface area (Å²) in [5, 5.41) is 2.60. The van der Waals surface area contributed by atoms with Crippen molar-refractivity contribution < 1.29 is 9.59 Å². The zero-order valence-corrected chi connectivity index (χ0v) is 9.54. The number of nitrogens with one attached hydrogen (secondary N) is 1. The van der Waals surface area contributed by atoms with E-state index < -0.39 is 11.8 Å². The van der Waals surface area contributed by atoms with E-state index in [1.165, 1.54) is 0 Å². The fraction of sp³-hybridized carbons (Fsp3) is 0.800. The topological polar surface area (TPSA) is 75.4 Å². The van der Waals surface area contributed by atoms with Crippen LogP contribution in [0.4, 0.5) is 0 Å². The normalized spacial score (nSPS) is 22.9. The Morgan fingerprint density at radius 1 is 1.53 bits per heavy atom. The van der Waals surface area contributed by atoms with E-state index in [1.54, 1.807) is 4.90 Å². The summed E-state index contributed by atoms with van der Waals surface area (Å²) in [5.41, 5.74) is 5.45. The third-order valence-corrected chi connectivity index (χ3v) is 2.52. The number of hydrogen-bond donors (Lipinski definition) is 2. The highest BCUT2D eigenvalue weighted by atomic mass is 16.2. The Hall–Kier alpha value is -1.10. The van der Waals surface area contributed by atoms with E-state index in [0.29, 0.717) is 19.6 Å². The summed E-state index contributed by atoms with van der Waals surface area (Å²) in [6.45, 7) is 7.43. The molecule has 5 heteroatoms. The summed E-state index contributed by atoms with van der Waals surface area (Å²) in [6.07, 6.45) is 0. The number of hydrogen-bond acceptors (Lipinski definition) is 3. The molecule has 1 fully saturated rings. The molecule has 1 aliphatic heterocycles. The summed E-state index contributed by atoms with van der Waals surface area (Å²) in [4.78, 5) is 24.4. The SMILES string of the molecule is CC1CN(CC(C)(C)CN)C(=O)C(=O)N1. The van der Waals surface area contributed by atoms with Crippen LogP contribution in [0.1, 0.15) is 20.8 Å². The van der Waals surface area contributed by atoms with Crippen molar-refractivity contribution in [3.05, 3.63) is 0 Å². The Labute approximate surface area is 90.0 Å². The molecule has 1 saturated heterocycles. The fourth-order valence-electron chi connectivity index (χ4n) is 1.61. The van der Waals surface area contributed by atoms with Crippen LogP contribution in [0.2, 0.25) is 0 Å². The molecule has 1 atom stereocenters. The van der Waals surface area contributed by atoms with Crippen molar-refractivity contribution in [3.8, 4) is 0 Å². The lowest BCUT2D eigenvalue weighted by Gasteiger charge is -2.36. The van der Waals surface area contributed by atoms with Gasteiger partial charge in [-0.1, -0.05) is 13.8 Å². The van der Waals surface area contributed by atoms with Gasteiger partial charge in [-0.2, -0.15) is 0 Å². The molecule has 0 bridgehead atoms. The molecule has 0 spiro atoms. The van der Waals surface area contributed by atoms with E-state index >= 15 is 0 Å². The average Bonchev–Trinajstić information content (AvgIpc) is 2.13. The second kappa shape index (κ2) is 4.18. The number of amides is 2. The van der Waals surface area contributed by atoms with E-state index in [1.807, 2.05) is 20.8 Å². The number of carbonyl (C=O) groups excluding carboxylic acids is 2. The highest BCUT2D eigenvalue weighted by molar-refractivity contribution is 6.35. The number of carbonyl (C=O) groups is 2. The average molecular weight is 213 g/mol. The van der Waals surface area contributed by atoms with Crippen molar-refractivity contribution in [3.63, 3.8) is 0 Å². The molecule has 0 saturated carbocycles. The maximum Gasteiger partial charge on any atom is 0.311 e. The van der Waals surface area contributed by atoms with Crippen molar-refractivity contribution in [1.82, 2.24) is 10.2 Å². The van der Waals surface area contributed by atoms with Gasteiger partial charge in [-0.05, 0) is 18.9 Å². The smallest absolute Gasteiger partial charge is 0.311 e. The Balaban J connectivity index is 2.68. The molecule has 0 aliphatic carbocycles. The van der Waals surface area contributed by atoms with Gasteiger partial charge in [0.1, 0.15) is 0 Å². The second-order valence-electron chi connectivity index (χ2n) is 4.93. The zero-order chi connectivity index (χ0) is 11.6. The van der Waals surface area contributed by atoms with Gasteiger partial charge in [0.25, 0.3) is 0 Å². The lowest BCUT2D eigenvalue weighted by atomic mass is 9.92. The molecule has 0 aromatic carbocycles. The molecule has 0 aromatic rings. The number of nitrogens with two attached hydrogens (primary N) is 1. The summed E-state index contributed by atoms with van der Waals surface area (Å²) in [6, 6.07) is 0.0174. The molecule has 1 heterocycles. The van der Waals surface area contributed by atoms with Crippen LogP contribution in [0, 0.1) is 5.41 Å². The van der Waals surface area contributed by atoms with Crippen molar-refractivity contribution in [1.29, 1.82) is 0 Å². The highest BCUT2D eigenvalue weighted by Crippen LogP contribution is 2.16. The van der Waals surface area contributed by atoms with E-state index in [4.69, 9.17) is 5.73 Å². The van der Waals surface area contributed by atoms with Crippen LogP contribution in [0.25, 0.3) is 0 Å². The molecule has 1 aliphatic rings. The van der Waals surface area contributed by atoms with Gasteiger partial charge in [0.2, 0.25) is 0 Å². The van der Waals surface area contributed by atoms with Crippen molar-refractivity contribution >= 4 is 11.8 Å². The third-order valence-electron chi connectivity index (χ3n) is 2.52. The molecule has 2 amide bonds. The van der Waals surface area contributed by atoms with Crippen LogP contribution in [-0.2, 0) is 9.59 Å². The monoisotopic (exact) mass is 213 g/mol. The van der Waals surface area contributed by atoms with E-state index in [0.717, 1.165) is 0 Å². The standard InChI is InChI=1S/C10H19N3O2/c1-7-4-13(6-10(2,3)5-11)9(15)8(14)12-7/h7H,4-6,11H2,1-3H3,(H,12,14). The largest absolute Gasteiger partial charge is 0.344 e. The van der Waals surface area contributed by atoms with Gasteiger partial charge in [-0.15, -0.1) is 0 Å². The molecule has 3 N–H and O–H groups in total. The molecule has 15 heavy (non-hydrogen) atoms. The number of rotatable bonds is 3. The van der Waals surface area contributed by atoms with Crippen molar-refractivity contribution in [2.45, 2.75) is 26.8 Å². The maximum absolute atomic E-state index is 11.5. The molecule has 1 unspecified atom stereocenters. The van der Waals surface area contributed by atoms with Crippen LogP contribution >= 0.6 is 0 Å². The van der Waals surface area contributed by atoms with Crippen molar-refractivity contribution in [2.75, 3.05) is 19.6 Å². The first-order valence-corrected chi connectivity index (χ1v) is 5.15. The lowest BCUT2D eigenvalue weighted by Crippen LogP contribution is -2.58. The van der Waals surface area contributed by atoms with Gasteiger partial charge in [-0.3, -0.25) is 9.59 Å². The predicted octanol–water partition coefficient (Wildman–Crippen LogP) is -0.682. The number of piperazine rings is 1. The highest BCUT2D eigenvalue weighted by Gasteiger charge is 2.33. The van der Waals surface area contributed by atoms with Crippen LogP contribution < -0.4 is 11.1 Å². The molecule has 0 radical (unpaired) electrons. The molecule has 86 valence electrons. The van der Waals surface area contributed by atoms with Gasteiger partial charge in [0, 0.05) is 19.1 Å². The first-order chi connectivity index (χ1) is 6.85. The van der Waals surface area contributed by atoms with E-state index in [-0.39, 0.29) is 11.5 Å². The third kappa shape index (κ3) is 2.92. The first kappa shape index (κ1) is 12.0.